The molecule has 1 atom stereocenters. The zero-order valence-electron chi connectivity index (χ0n) is 13.0. The third-order valence-electron chi connectivity index (χ3n) is 3.42. The predicted molar refractivity (Wildman–Crippen MR) is 80.5 cm³/mol. The zero-order chi connectivity index (χ0) is 14.4. The van der Waals surface area contributed by atoms with Crippen molar-refractivity contribution in [3.8, 4) is 0 Å². The van der Waals surface area contributed by atoms with Crippen LogP contribution in [-0.2, 0) is 4.74 Å². The average molecular weight is 264 g/mol. The third-order valence-corrected chi connectivity index (χ3v) is 3.42. The van der Waals surface area contributed by atoms with Crippen LogP contribution in [0.25, 0.3) is 0 Å². The Kier molecular flexibility index (Phi) is 6.53. The van der Waals surface area contributed by atoms with Gasteiger partial charge in [0.05, 0.1) is 6.61 Å². The molecule has 1 aromatic rings. The van der Waals surface area contributed by atoms with Crippen LogP contribution >= 0.6 is 0 Å². The van der Waals surface area contributed by atoms with Gasteiger partial charge in [-0.1, -0.05) is 31.5 Å². The summed E-state index contributed by atoms with van der Waals surface area (Å²) in [5.74, 6) is 0.718. The normalized spacial score (nSPS) is 13.0. The summed E-state index contributed by atoms with van der Waals surface area (Å²) < 4.78 is 5.59. The first kappa shape index (κ1) is 16.2. The van der Waals surface area contributed by atoms with Crippen molar-refractivity contribution in [2.24, 2.45) is 5.92 Å². The highest BCUT2D eigenvalue weighted by molar-refractivity contribution is 5.38. The zero-order valence-corrected chi connectivity index (χ0v) is 13.0. The van der Waals surface area contributed by atoms with Crippen molar-refractivity contribution in [3.05, 3.63) is 34.4 Å². The van der Waals surface area contributed by atoms with Crippen LogP contribution in [0.15, 0.2) is 12.1 Å². The molecule has 0 aliphatic carbocycles. The van der Waals surface area contributed by atoms with E-state index in [0.717, 1.165) is 35.6 Å². The molecule has 2 heteroatoms. The first-order valence-electron chi connectivity index (χ1n) is 7.25. The second kappa shape index (κ2) is 7.66. The summed E-state index contributed by atoms with van der Waals surface area (Å²) in [5, 5.41) is 10.3. The van der Waals surface area contributed by atoms with E-state index in [2.05, 4.69) is 46.8 Å². The molecule has 0 amide bonds. The second-order valence-corrected chi connectivity index (χ2v) is 5.94. The maximum Gasteiger partial charge on any atom is 0.103 e. The first-order chi connectivity index (χ1) is 8.91. The van der Waals surface area contributed by atoms with Gasteiger partial charge in [-0.15, -0.1) is 0 Å². The van der Waals surface area contributed by atoms with Gasteiger partial charge < -0.3 is 9.84 Å². The molecule has 1 unspecified atom stereocenters. The van der Waals surface area contributed by atoms with Gasteiger partial charge in [0.1, 0.15) is 6.10 Å². The van der Waals surface area contributed by atoms with Gasteiger partial charge in [0.2, 0.25) is 0 Å². The van der Waals surface area contributed by atoms with E-state index in [4.69, 9.17) is 4.74 Å². The van der Waals surface area contributed by atoms with Gasteiger partial charge >= 0.3 is 0 Å². The minimum Gasteiger partial charge on any atom is -0.386 e. The summed E-state index contributed by atoms with van der Waals surface area (Å²) in [6.07, 6.45) is 1.73. The second-order valence-electron chi connectivity index (χ2n) is 5.94. The first-order valence-corrected chi connectivity index (χ1v) is 7.25. The minimum atomic E-state index is -0.514. The fourth-order valence-electron chi connectivity index (χ4n) is 2.59. The van der Waals surface area contributed by atoms with Crippen molar-refractivity contribution in [1.29, 1.82) is 0 Å². The number of hydrogen-bond acceptors (Lipinski definition) is 2. The molecule has 0 aliphatic heterocycles. The molecule has 1 rings (SSSR count). The van der Waals surface area contributed by atoms with Crippen LogP contribution in [0.2, 0.25) is 0 Å². The molecule has 0 bridgehead atoms. The Balaban J connectivity index is 2.48. The summed E-state index contributed by atoms with van der Waals surface area (Å²) >= 11 is 0. The standard InChI is InChI=1S/C17H28O2/c1-12(2)7-6-8-19-11-16(18)17-14(4)9-13(3)10-15(17)5/h9-10,12,16,18H,6-8,11H2,1-5H3. The van der Waals surface area contributed by atoms with Crippen molar-refractivity contribution in [2.45, 2.75) is 53.6 Å². The molecule has 0 saturated carbocycles. The van der Waals surface area contributed by atoms with E-state index in [0.29, 0.717) is 6.61 Å². The lowest BCUT2D eigenvalue weighted by atomic mass is 9.96. The van der Waals surface area contributed by atoms with Crippen LogP contribution in [0.5, 0.6) is 0 Å². The largest absolute Gasteiger partial charge is 0.386 e. The smallest absolute Gasteiger partial charge is 0.103 e. The van der Waals surface area contributed by atoms with E-state index in [1.807, 2.05) is 0 Å². The highest BCUT2D eigenvalue weighted by Gasteiger charge is 2.13. The van der Waals surface area contributed by atoms with Crippen LogP contribution in [-0.4, -0.2) is 18.3 Å². The summed E-state index contributed by atoms with van der Waals surface area (Å²) in [4.78, 5) is 0. The average Bonchev–Trinajstić information content (AvgIpc) is 2.26. The lowest BCUT2D eigenvalue weighted by molar-refractivity contribution is 0.0332. The maximum atomic E-state index is 10.3. The van der Waals surface area contributed by atoms with E-state index in [1.54, 1.807) is 0 Å². The van der Waals surface area contributed by atoms with E-state index in [1.165, 1.54) is 12.0 Å². The quantitative estimate of drug-likeness (QED) is 0.751. The maximum absolute atomic E-state index is 10.3. The Morgan fingerprint density at radius 2 is 1.68 bits per heavy atom. The topological polar surface area (TPSA) is 29.5 Å². The number of rotatable bonds is 7. The van der Waals surface area contributed by atoms with Crippen LogP contribution in [0.1, 0.15) is 55.0 Å². The Morgan fingerprint density at radius 3 is 2.21 bits per heavy atom. The van der Waals surface area contributed by atoms with Gasteiger partial charge in [-0.2, -0.15) is 0 Å². The summed E-state index contributed by atoms with van der Waals surface area (Å²) in [5.41, 5.74) is 4.56. The third kappa shape index (κ3) is 5.33. The van der Waals surface area contributed by atoms with Gasteiger partial charge in [-0.05, 0) is 56.2 Å². The monoisotopic (exact) mass is 264 g/mol. The Labute approximate surface area is 117 Å². The number of hydrogen-bond donors (Lipinski definition) is 1. The molecule has 0 aromatic heterocycles. The van der Waals surface area contributed by atoms with Crippen molar-refractivity contribution in [3.63, 3.8) is 0 Å². The molecule has 0 fully saturated rings. The molecule has 1 N–H and O–H groups in total. The highest BCUT2D eigenvalue weighted by atomic mass is 16.5. The molecule has 2 nitrogen and oxygen atoms in total. The fraction of sp³-hybridized carbons (Fsp3) is 0.647. The van der Waals surface area contributed by atoms with E-state index in [-0.39, 0.29) is 0 Å². The van der Waals surface area contributed by atoms with Crippen molar-refractivity contribution in [2.75, 3.05) is 13.2 Å². The van der Waals surface area contributed by atoms with Crippen molar-refractivity contribution in [1.82, 2.24) is 0 Å². The lowest BCUT2D eigenvalue weighted by Crippen LogP contribution is -2.11. The SMILES string of the molecule is Cc1cc(C)c(C(O)COCCCC(C)C)c(C)c1. The molecule has 0 radical (unpaired) electrons. The molecule has 0 spiro atoms. The number of aliphatic hydroxyl groups excluding tert-OH is 1. The van der Waals surface area contributed by atoms with Gasteiger partial charge in [0, 0.05) is 6.61 Å². The molecule has 19 heavy (non-hydrogen) atoms. The molecule has 108 valence electrons. The highest BCUT2D eigenvalue weighted by Crippen LogP contribution is 2.23. The summed E-state index contributed by atoms with van der Waals surface area (Å²) in [7, 11) is 0. The van der Waals surface area contributed by atoms with Crippen LogP contribution in [0.4, 0.5) is 0 Å². The molecular weight excluding hydrogens is 236 g/mol. The molecule has 1 aromatic carbocycles. The van der Waals surface area contributed by atoms with Gasteiger partial charge in [-0.3, -0.25) is 0 Å². The molecule has 0 aliphatic rings. The van der Waals surface area contributed by atoms with Crippen molar-refractivity contribution < 1.29 is 9.84 Å². The van der Waals surface area contributed by atoms with E-state index < -0.39 is 6.10 Å². The Hall–Kier alpha value is -0.860. The number of aliphatic hydroxyl groups is 1. The fourth-order valence-corrected chi connectivity index (χ4v) is 2.59. The number of ether oxygens (including phenoxy) is 1. The predicted octanol–water partition coefficient (Wildman–Crippen LogP) is 4.10. The summed E-state index contributed by atoms with van der Waals surface area (Å²) in [6.45, 7) is 11.7. The number of aryl methyl sites for hydroxylation is 3. The van der Waals surface area contributed by atoms with Crippen molar-refractivity contribution >= 4 is 0 Å². The minimum absolute atomic E-state index is 0.392. The van der Waals surface area contributed by atoms with Gasteiger partial charge in [0.25, 0.3) is 0 Å². The van der Waals surface area contributed by atoms with Gasteiger partial charge in [-0.25, -0.2) is 0 Å². The molecule has 0 saturated heterocycles. The molecule has 0 heterocycles. The van der Waals surface area contributed by atoms with Crippen LogP contribution < -0.4 is 0 Å². The summed E-state index contributed by atoms with van der Waals surface area (Å²) in [6, 6.07) is 4.23. The molecular formula is C17H28O2. The van der Waals surface area contributed by atoms with Gasteiger partial charge in [0.15, 0.2) is 0 Å². The van der Waals surface area contributed by atoms with E-state index >= 15 is 0 Å². The van der Waals surface area contributed by atoms with E-state index in [9.17, 15) is 5.11 Å². The number of benzene rings is 1. The Morgan fingerprint density at radius 1 is 1.11 bits per heavy atom. The lowest BCUT2D eigenvalue weighted by Gasteiger charge is -2.17. The van der Waals surface area contributed by atoms with Crippen LogP contribution in [0, 0.1) is 26.7 Å². The Bertz CT molecular complexity index is 373. The van der Waals surface area contributed by atoms with Crippen LogP contribution in [0.3, 0.4) is 0 Å².